The first kappa shape index (κ1) is 13.7. The molecule has 1 aliphatic rings. The third-order valence-electron chi connectivity index (χ3n) is 3.44. The van der Waals surface area contributed by atoms with Crippen LogP contribution in [0.4, 0.5) is 19.0 Å². The molecule has 2 aromatic heterocycles. The normalized spacial score (nSPS) is 19.0. The van der Waals surface area contributed by atoms with Gasteiger partial charge in [0, 0.05) is 24.5 Å². The van der Waals surface area contributed by atoms with Crippen LogP contribution < -0.4 is 4.90 Å². The number of halogens is 3. The van der Waals surface area contributed by atoms with Crippen molar-refractivity contribution in [2.75, 3.05) is 11.4 Å². The van der Waals surface area contributed by atoms with E-state index in [1.807, 2.05) is 4.90 Å². The maximum atomic E-state index is 12.5. The van der Waals surface area contributed by atoms with Gasteiger partial charge in [-0.25, -0.2) is 19.9 Å². The molecule has 1 atom stereocenters. The highest BCUT2D eigenvalue weighted by Crippen LogP contribution is 2.35. The highest BCUT2D eigenvalue weighted by atomic mass is 19.4. The van der Waals surface area contributed by atoms with Gasteiger partial charge in [-0.15, -0.1) is 0 Å². The second-order valence-corrected chi connectivity index (χ2v) is 4.78. The second kappa shape index (κ2) is 5.27. The van der Waals surface area contributed by atoms with E-state index in [0.717, 1.165) is 31.1 Å². The lowest BCUT2D eigenvalue weighted by Gasteiger charge is -2.25. The summed E-state index contributed by atoms with van der Waals surface area (Å²) in [5.74, 6) is 0.439. The molecule has 0 aromatic carbocycles. The first-order valence-corrected chi connectivity index (χ1v) is 6.46. The van der Waals surface area contributed by atoms with E-state index in [2.05, 4.69) is 19.9 Å². The Balaban J connectivity index is 1.86. The van der Waals surface area contributed by atoms with E-state index in [4.69, 9.17) is 0 Å². The number of hydrogen-bond acceptors (Lipinski definition) is 5. The van der Waals surface area contributed by atoms with Gasteiger partial charge in [-0.1, -0.05) is 0 Å². The molecule has 1 unspecified atom stereocenters. The summed E-state index contributed by atoms with van der Waals surface area (Å²) in [5.41, 5.74) is -0.0539. The van der Waals surface area contributed by atoms with Gasteiger partial charge >= 0.3 is 6.18 Å². The molecule has 1 saturated heterocycles. The molecule has 2 aromatic rings. The number of nitrogens with zero attached hydrogens (tertiary/aromatic N) is 5. The fourth-order valence-corrected chi connectivity index (χ4v) is 2.49. The zero-order valence-corrected chi connectivity index (χ0v) is 11.0. The van der Waals surface area contributed by atoms with E-state index in [9.17, 15) is 13.2 Å². The molecule has 0 bridgehead atoms. The Labute approximate surface area is 118 Å². The summed E-state index contributed by atoms with van der Waals surface area (Å²) in [6.07, 6.45) is 4.17. The van der Waals surface area contributed by atoms with Crippen LogP contribution >= 0.6 is 0 Å². The molecule has 5 nitrogen and oxygen atoms in total. The molecule has 1 fully saturated rings. The largest absolute Gasteiger partial charge is 0.434 e. The molecule has 110 valence electrons. The van der Waals surface area contributed by atoms with Crippen LogP contribution in [0.1, 0.15) is 30.1 Å². The van der Waals surface area contributed by atoms with Gasteiger partial charge in [-0.3, -0.25) is 0 Å². The minimum absolute atomic E-state index is 0.0252. The zero-order chi connectivity index (χ0) is 14.9. The molecular formula is C13H12F3N5. The van der Waals surface area contributed by atoms with Crippen LogP contribution in [0, 0.1) is 0 Å². The van der Waals surface area contributed by atoms with Crippen LogP contribution in [-0.4, -0.2) is 26.5 Å². The Hall–Kier alpha value is -2.25. The van der Waals surface area contributed by atoms with Crippen LogP contribution in [0.3, 0.4) is 0 Å². The van der Waals surface area contributed by atoms with E-state index in [1.54, 1.807) is 12.4 Å². The summed E-state index contributed by atoms with van der Waals surface area (Å²) in [5, 5.41) is 0. The Kier molecular flexibility index (Phi) is 3.44. The molecule has 21 heavy (non-hydrogen) atoms. The molecule has 0 radical (unpaired) electrons. The average molecular weight is 295 g/mol. The lowest BCUT2D eigenvalue weighted by Crippen LogP contribution is -2.24. The highest BCUT2D eigenvalue weighted by molar-refractivity contribution is 5.41. The van der Waals surface area contributed by atoms with Crippen molar-refractivity contribution >= 4 is 5.82 Å². The van der Waals surface area contributed by atoms with Gasteiger partial charge in [0.05, 0.1) is 18.4 Å². The van der Waals surface area contributed by atoms with Gasteiger partial charge in [0.25, 0.3) is 0 Å². The summed E-state index contributed by atoms with van der Waals surface area (Å²) >= 11 is 0. The highest BCUT2D eigenvalue weighted by Gasteiger charge is 2.34. The van der Waals surface area contributed by atoms with Gasteiger partial charge in [0.1, 0.15) is 12.1 Å². The molecule has 0 saturated carbocycles. The summed E-state index contributed by atoms with van der Waals surface area (Å²) in [6, 6.07) is 0.0252. The molecule has 0 amide bonds. The van der Waals surface area contributed by atoms with Crippen LogP contribution in [0.15, 0.2) is 31.1 Å². The first-order chi connectivity index (χ1) is 10.1. The summed E-state index contributed by atoms with van der Waals surface area (Å²) in [6.45, 7) is 0.722. The smallest absolute Gasteiger partial charge is 0.348 e. The quantitative estimate of drug-likeness (QED) is 0.852. The van der Waals surface area contributed by atoms with Crippen molar-refractivity contribution in [1.82, 2.24) is 19.9 Å². The Morgan fingerprint density at radius 3 is 2.43 bits per heavy atom. The van der Waals surface area contributed by atoms with Gasteiger partial charge < -0.3 is 4.90 Å². The lowest BCUT2D eigenvalue weighted by molar-refractivity contribution is -0.141. The van der Waals surface area contributed by atoms with Crippen molar-refractivity contribution in [2.45, 2.75) is 25.1 Å². The maximum absolute atomic E-state index is 12.5. The number of aromatic nitrogens is 4. The van der Waals surface area contributed by atoms with Gasteiger partial charge in [0.15, 0.2) is 5.69 Å². The van der Waals surface area contributed by atoms with E-state index in [0.29, 0.717) is 5.82 Å². The summed E-state index contributed by atoms with van der Waals surface area (Å²) in [7, 11) is 0. The predicted octanol–water partition coefficient (Wildman–Crippen LogP) is 2.63. The van der Waals surface area contributed by atoms with Crippen LogP contribution in [0.5, 0.6) is 0 Å². The van der Waals surface area contributed by atoms with E-state index < -0.39 is 11.9 Å². The summed E-state index contributed by atoms with van der Waals surface area (Å²) < 4.78 is 37.5. The molecular weight excluding hydrogens is 283 g/mol. The van der Waals surface area contributed by atoms with Gasteiger partial charge in [-0.2, -0.15) is 13.2 Å². The maximum Gasteiger partial charge on any atom is 0.434 e. The first-order valence-electron chi connectivity index (χ1n) is 6.46. The molecule has 0 N–H and O–H groups in total. The third kappa shape index (κ3) is 2.79. The van der Waals surface area contributed by atoms with E-state index in [1.165, 1.54) is 12.5 Å². The number of hydrogen-bond donors (Lipinski definition) is 0. The van der Waals surface area contributed by atoms with E-state index >= 15 is 0 Å². The summed E-state index contributed by atoms with van der Waals surface area (Å²) in [4.78, 5) is 17.3. The molecule has 3 heterocycles. The fraction of sp³-hybridized carbons (Fsp3) is 0.385. The minimum Gasteiger partial charge on any atom is -0.348 e. The average Bonchev–Trinajstić information content (AvgIpc) is 2.97. The lowest BCUT2D eigenvalue weighted by atomic mass is 10.1. The molecule has 0 aliphatic carbocycles. The number of alkyl halides is 3. The Morgan fingerprint density at radius 1 is 1.05 bits per heavy atom. The zero-order valence-electron chi connectivity index (χ0n) is 11.0. The van der Waals surface area contributed by atoms with Crippen molar-refractivity contribution in [3.8, 4) is 0 Å². The monoisotopic (exact) mass is 295 g/mol. The van der Waals surface area contributed by atoms with Crippen molar-refractivity contribution < 1.29 is 13.2 Å². The van der Waals surface area contributed by atoms with Gasteiger partial charge in [-0.05, 0) is 12.8 Å². The fourth-order valence-electron chi connectivity index (χ4n) is 2.49. The van der Waals surface area contributed by atoms with Crippen molar-refractivity contribution in [2.24, 2.45) is 0 Å². The predicted molar refractivity (Wildman–Crippen MR) is 68.4 cm³/mol. The molecule has 1 aliphatic heterocycles. The minimum atomic E-state index is -4.47. The number of anilines is 1. The number of rotatable bonds is 2. The second-order valence-electron chi connectivity index (χ2n) is 4.78. The Bertz CT molecular complexity index is 599. The van der Waals surface area contributed by atoms with Crippen molar-refractivity contribution in [1.29, 1.82) is 0 Å². The van der Waals surface area contributed by atoms with Crippen molar-refractivity contribution in [3.63, 3.8) is 0 Å². The van der Waals surface area contributed by atoms with Crippen LogP contribution in [0.25, 0.3) is 0 Å². The SMILES string of the molecule is FC(F)(F)c1cnc(N2CCCC2c2cncnc2)cn1. The van der Waals surface area contributed by atoms with Crippen molar-refractivity contribution in [3.05, 3.63) is 42.4 Å². The Morgan fingerprint density at radius 2 is 1.81 bits per heavy atom. The third-order valence-corrected chi connectivity index (χ3v) is 3.44. The van der Waals surface area contributed by atoms with Crippen LogP contribution in [0.2, 0.25) is 0 Å². The molecule has 3 rings (SSSR count). The van der Waals surface area contributed by atoms with Gasteiger partial charge in [0.2, 0.25) is 0 Å². The standard InChI is InChI=1S/C13H12F3N5/c14-13(15,16)11-6-20-12(7-19-11)21-3-1-2-10(21)9-4-17-8-18-5-9/h4-8,10H,1-3H2. The molecule has 0 spiro atoms. The molecule has 8 heteroatoms. The topological polar surface area (TPSA) is 54.8 Å². The van der Waals surface area contributed by atoms with Crippen LogP contribution in [-0.2, 0) is 6.18 Å². The van der Waals surface area contributed by atoms with E-state index in [-0.39, 0.29) is 6.04 Å².